The molecule has 0 spiro atoms. The van der Waals surface area contributed by atoms with Crippen LogP contribution in [-0.2, 0) is 11.3 Å². The first-order chi connectivity index (χ1) is 15.8. The number of hydrogen-bond donors (Lipinski definition) is 2. The lowest BCUT2D eigenvalue weighted by Crippen LogP contribution is -2.29. The number of methoxy groups -OCH3 is 1. The first-order valence-corrected chi connectivity index (χ1v) is 12.2. The highest BCUT2D eigenvalue weighted by Crippen LogP contribution is 2.26. The van der Waals surface area contributed by atoms with Gasteiger partial charge in [0.1, 0.15) is 5.75 Å². The summed E-state index contributed by atoms with van der Waals surface area (Å²) < 4.78 is 7.94. The number of anilines is 1. The largest absolute Gasteiger partial charge is 0.495 e. The molecule has 0 radical (unpaired) electrons. The minimum Gasteiger partial charge on any atom is -0.495 e. The van der Waals surface area contributed by atoms with E-state index in [4.69, 9.17) is 4.74 Å². The first-order valence-electron chi connectivity index (χ1n) is 10.4. The molecule has 33 heavy (non-hydrogen) atoms. The lowest BCUT2D eigenvalue weighted by atomic mass is 10.2. The van der Waals surface area contributed by atoms with Gasteiger partial charge in [-0.25, -0.2) is 0 Å². The summed E-state index contributed by atoms with van der Waals surface area (Å²) in [5.74, 6) is 1.01. The Balaban J connectivity index is 1.65. The van der Waals surface area contributed by atoms with Crippen LogP contribution in [0.5, 0.6) is 5.75 Å². The predicted molar refractivity (Wildman–Crippen MR) is 133 cm³/mol. The van der Waals surface area contributed by atoms with Crippen molar-refractivity contribution in [1.29, 1.82) is 0 Å². The Morgan fingerprint density at radius 3 is 2.67 bits per heavy atom. The molecular weight excluding hydrogens is 506 g/mol. The van der Waals surface area contributed by atoms with Gasteiger partial charge in [0.15, 0.2) is 11.0 Å². The molecular formula is C23H26BrN5O3S. The summed E-state index contributed by atoms with van der Waals surface area (Å²) >= 11 is 4.69. The van der Waals surface area contributed by atoms with Crippen LogP contribution in [0, 0.1) is 6.92 Å². The number of benzene rings is 2. The van der Waals surface area contributed by atoms with Gasteiger partial charge in [-0.2, -0.15) is 0 Å². The quantitative estimate of drug-likeness (QED) is 0.391. The summed E-state index contributed by atoms with van der Waals surface area (Å²) in [5, 5.41) is 15.0. The van der Waals surface area contributed by atoms with Gasteiger partial charge < -0.3 is 19.9 Å². The fourth-order valence-corrected chi connectivity index (χ4v) is 4.52. The van der Waals surface area contributed by atoms with E-state index in [0.717, 1.165) is 10.0 Å². The Morgan fingerprint density at radius 2 is 1.97 bits per heavy atom. The molecule has 0 aliphatic rings. The Hall–Kier alpha value is -2.85. The smallest absolute Gasteiger partial charge is 0.253 e. The second-order valence-electron chi connectivity index (χ2n) is 7.30. The number of aryl methyl sites for hydroxylation is 1. The maximum atomic E-state index is 12.7. The van der Waals surface area contributed by atoms with E-state index in [1.165, 1.54) is 11.8 Å². The topological polar surface area (TPSA) is 98.1 Å². The first kappa shape index (κ1) is 24.8. The highest BCUT2D eigenvalue weighted by molar-refractivity contribution is 9.10. The Bertz CT molecular complexity index is 1150. The van der Waals surface area contributed by atoms with Gasteiger partial charge in [-0.3, -0.25) is 9.59 Å². The maximum absolute atomic E-state index is 12.7. The van der Waals surface area contributed by atoms with Gasteiger partial charge in [0.05, 0.1) is 30.2 Å². The SMILES string of the molecule is CCn1c(SCC(=O)Nc2cc(C)ccc2OC)nnc1[C@H](C)NC(=O)c1ccccc1Br. The number of carbonyl (C=O) groups is 2. The van der Waals surface area contributed by atoms with Crippen LogP contribution in [-0.4, -0.2) is 39.4 Å². The zero-order valence-electron chi connectivity index (χ0n) is 18.9. The number of hydrogen-bond acceptors (Lipinski definition) is 6. The van der Waals surface area contributed by atoms with Crippen molar-refractivity contribution in [2.45, 2.75) is 38.5 Å². The second kappa shape index (κ2) is 11.3. The summed E-state index contributed by atoms with van der Waals surface area (Å²) in [6.45, 7) is 6.38. The van der Waals surface area contributed by atoms with E-state index in [-0.39, 0.29) is 23.6 Å². The van der Waals surface area contributed by atoms with Crippen LogP contribution >= 0.6 is 27.7 Å². The average molecular weight is 532 g/mol. The molecule has 10 heteroatoms. The number of aromatic nitrogens is 3. The Morgan fingerprint density at radius 1 is 1.21 bits per heavy atom. The molecule has 0 saturated heterocycles. The summed E-state index contributed by atoms with van der Waals surface area (Å²) in [6.07, 6.45) is 0. The minimum absolute atomic E-state index is 0.160. The number of thioether (sulfide) groups is 1. The van der Waals surface area contributed by atoms with Crippen molar-refractivity contribution in [1.82, 2.24) is 20.1 Å². The van der Waals surface area contributed by atoms with Crippen molar-refractivity contribution in [2.75, 3.05) is 18.2 Å². The summed E-state index contributed by atoms with van der Waals surface area (Å²) in [6, 6.07) is 12.5. The van der Waals surface area contributed by atoms with Crippen molar-refractivity contribution in [3.63, 3.8) is 0 Å². The minimum atomic E-state index is -0.364. The number of nitrogens with zero attached hydrogens (tertiary/aromatic N) is 3. The van der Waals surface area contributed by atoms with Gasteiger partial charge in [0, 0.05) is 11.0 Å². The van der Waals surface area contributed by atoms with Crippen molar-refractivity contribution in [2.24, 2.45) is 0 Å². The van der Waals surface area contributed by atoms with Crippen molar-refractivity contribution in [3.8, 4) is 5.75 Å². The van der Waals surface area contributed by atoms with Crippen LogP contribution in [0.2, 0.25) is 0 Å². The zero-order valence-corrected chi connectivity index (χ0v) is 21.3. The fraction of sp³-hybridized carbons (Fsp3) is 0.304. The van der Waals surface area contributed by atoms with E-state index in [0.29, 0.717) is 34.5 Å². The van der Waals surface area contributed by atoms with Crippen LogP contribution in [0.15, 0.2) is 52.1 Å². The van der Waals surface area contributed by atoms with Crippen molar-refractivity contribution >= 4 is 45.2 Å². The molecule has 0 bridgehead atoms. The molecule has 3 rings (SSSR count). The lowest BCUT2D eigenvalue weighted by molar-refractivity contribution is -0.113. The number of halogens is 1. The number of rotatable bonds is 9. The van der Waals surface area contributed by atoms with E-state index < -0.39 is 0 Å². The molecule has 2 N–H and O–H groups in total. The van der Waals surface area contributed by atoms with Gasteiger partial charge in [-0.1, -0.05) is 30.0 Å². The van der Waals surface area contributed by atoms with Crippen LogP contribution in [0.25, 0.3) is 0 Å². The van der Waals surface area contributed by atoms with E-state index in [1.54, 1.807) is 13.2 Å². The normalized spacial score (nSPS) is 11.7. The van der Waals surface area contributed by atoms with Crippen molar-refractivity contribution < 1.29 is 14.3 Å². The lowest BCUT2D eigenvalue weighted by Gasteiger charge is -2.15. The molecule has 0 aliphatic heterocycles. The maximum Gasteiger partial charge on any atom is 0.253 e. The second-order valence-corrected chi connectivity index (χ2v) is 9.10. The number of ether oxygens (including phenoxy) is 1. The molecule has 0 fully saturated rings. The fourth-order valence-electron chi connectivity index (χ4n) is 3.24. The number of carbonyl (C=O) groups excluding carboxylic acids is 2. The third kappa shape index (κ3) is 6.14. The monoisotopic (exact) mass is 531 g/mol. The van der Waals surface area contributed by atoms with Crippen molar-refractivity contribution in [3.05, 3.63) is 63.9 Å². The molecule has 174 valence electrons. The van der Waals surface area contributed by atoms with Crippen LogP contribution in [0.3, 0.4) is 0 Å². The van der Waals surface area contributed by atoms with Gasteiger partial charge >= 0.3 is 0 Å². The van der Waals surface area contributed by atoms with E-state index in [2.05, 4.69) is 36.8 Å². The molecule has 1 aromatic heterocycles. The Kier molecular flexibility index (Phi) is 8.51. The molecule has 0 unspecified atom stereocenters. The van der Waals surface area contributed by atoms with Gasteiger partial charge in [0.25, 0.3) is 5.91 Å². The molecule has 2 aromatic carbocycles. The molecule has 3 aromatic rings. The molecule has 1 atom stereocenters. The molecule has 1 heterocycles. The standard InChI is InChI=1S/C23H26BrN5O3S/c1-5-29-21(15(3)25-22(31)16-8-6-7-9-17(16)24)27-28-23(29)33-13-20(30)26-18-12-14(2)10-11-19(18)32-4/h6-12,15H,5,13H2,1-4H3,(H,25,31)(H,26,30)/t15-/m0/s1. The van der Waals surface area contributed by atoms with Gasteiger partial charge in [-0.05, 0) is 66.5 Å². The highest BCUT2D eigenvalue weighted by atomic mass is 79.9. The summed E-state index contributed by atoms with van der Waals surface area (Å²) in [7, 11) is 1.57. The molecule has 8 nitrogen and oxygen atoms in total. The van der Waals surface area contributed by atoms with E-state index in [1.807, 2.05) is 61.7 Å². The third-order valence-electron chi connectivity index (χ3n) is 4.88. The van der Waals surface area contributed by atoms with Crippen LogP contribution in [0.4, 0.5) is 5.69 Å². The highest BCUT2D eigenvalue weighted by Gasteiger charge is 2.21. The molecule has 0 aliphatic carbocycles. The predicted octanol–water partition coefficient (Wildman–Crippen LogP) is 4.60. The van der Waals surface area contributed by atoms with E-state index in [9.17, 15) is 9.59 Å². The van der Waals surface area contributed by atoms with Gasteiger partial charge in [-0.15, -0.1) is 10.2 Å². The average Bonchev–Trinajstić information content (AvgIpc) is 3.21. The van der Waals surface area contributed by atoms with E-state index >= 15 is 0 Å². The van der Waals surface area contributed by atoms with Crippen LogP contribution < -0.4 is 15.4 Å². The molecule has 2 amide bonds. The Labute approximate surface area is 205 Å². The zero-order chi connectivity index (χ0) is 24.0. The third-order valence-corrected chi connectivity index (χ3v) is 6.53. The molecule has 0 saturated carbocycles. The summed E-state index contributed by atoms with van der Waals surface area (Å²) in [4.78, 5) is 25.2. The number of amides is 2. The van der Waals surface area contributed by atoms with Gasteiger partial charge in [0.2, 0.25) is 5.91 Å². The number of nitrogens with one attached hydrogen (secondary N) is 2. The van der Waals surface area contributed by atoms with Crippen LogP contribution in [0.1, 0.15) is 41.6 Å². The summed E-state index contributed by atoms with van der Waals surface area (Å²) in [5.41, 5.74) is 2.20.